The maximum atomic E-state index is 9.08. The highest BCUT2D eigenvalue weighted by atomic mass is 16.5. The molecule has 0 aliphatic heterocycles. The van der Waals surface area contributed by atoms with Crippen molar-refractivity contribution in [3.63, 3.8) is 0 Å². The molecule has 2 aromatic carbocycles. The van der Waals surface area contributed by atoms with Crippen molar-refractivity contribution in [3.05, 3.63) is 60.3 Å². The summed E-state index contributed by atoms with van der Waals surface area (Å²) in [5, 5.41) is 22.5. The maximum absolute atomic E-state index is 9.08. The molecule has 5 nitrogen and oxygen atoms in total. The lowest BCUT2D eigenvalue weighted by Gasteiger charge is -2.09. The molecule has 0 aliphatic rings. The van der Waals surface area contributed by atoms with Crippen molar-refractivity contribution < 1.29 is 14.8 Å². The van der Waals surface area contributed by atoms with Crippen LogP contribution in [0, 0.1) is 0 Å². The van der Waals surface area contributed by atoms with Gasteiger partial charge in [-0.05, 0) is 29.2 Å². The minimum atomic E-state index is -1.43. The second-order valence-electron chi connectivity index (χ2n) is 5.25. The Labute approximate surface area is 134 Å². The highest BCUT2D eigenvalue weighted by Crippen LogP contribution is 2.21. The first-order valence-corrected chi connectivity index (χ1v) is 7.28. The molecule has 6 heteroatoms. The molecule has 0 saturated heterocycles. The number of hydrogen-bond acceptors (Lipinski definition) is 5. The molecule has 1 aromatic heterocycles. The summed E-state index contributed by atoms with van der Waals surface area (Å²) in [4.78, 5) is 4.43. The van der Waals surface area contributed by atoms with Gasteiger partial charge in [0.25, 0.3) is 0 Å². The number of aromatic nitrogens is 1. The van der Waals surface area contributed by atoms with Crippen LogP contribution in [0.4, 0.5) is 5.69 Å². The summed E-state index contributed by atoms with van der Waals surface area (Å²) in [6.07, 6.45) is 1.79. The molecule has 0 atom stereocenters. The quantitative estimate of drug-likeness (QED) is 0.623. The summed E-state index contributed by atoms with van der Waals surface area (Å²) in [7, 11) is 0.205. The van der Waals surface area contributed by atoms with Crippen LogP contribution in [0.5, 0.6) is 5.75 Å². The Kier molecular flexibility index (Phi) is 4.46. The van der Waals surface area contributed by atoms with Gasteiger partial charge in [-0.3, -0.25) is 4.98 Å². The van der Waals surface area contributed by atoms with E-state index in [1.807, 2.05) is 36.4 Å². The van der Waals surface area contributed by atoms with Gasteiger partial charge >= 0.3 is 7.12 Å². The number of methoxy groups -OCH3 is 1. The lowest BCUT2D eigenvalue weighted by molar-refractivity contribution is 0.415. The van der Waals surface area contributed by atoms with Crippen LogP contribution in [0.15, 0.2) is 54.7 Å². The molecule has 0 spiro atoms. The zero-order valence-corrected chi connectivity index (χ0v) is 12.7. The molecule has 0 amide bonds. The summed E-state index contributed by atoms with van der Waals surface area (Å²) in [5.41, 5.74) is 3.34. The van der Waals surface area contributed by atoms with Gasteiger partial charge in [0.1, 0.15) is 5.75 Å². The van der Waals surface area contributed by atoms with Crippen LogP contribution in [0.25, 0.3) is 10.9 Å². The molecule has 1 heterocycles. The number of nitrogens with zero attached hydrogens (tertiary/aromatic N) is 1. The Morgan fingerprint density at radius 2 is 1.87 bits per heavy atom. The van der Waals surface area contributed by atoms with E-state index in [-0.39, 0.29) is 0 Å². The Bertz CT molecular complexity index is 807. The standard InChI is InChI=1S/C17H17BN2O3/c1-23-16-7-4-13-8-15(11-20-17(13)9-16)19-10-12-2-5-14(6-3-12)18(21)22/h2-9,11,19,21-22H,10H2,1H3. The Hall–Kier alpha value is -2.57. The first-order valence-electron chi connectivity index (χ1n) is 7.28. The molecular weight excluding hydrogens is 291 g/mol. The average molecular weight is 308 g/mol. The van der Waals surface area contributed by atoms with Crippen LogP contribution >= 0.6 is 0 Å². The van der Waals surface area contributed by atoms with Gasteiger partial charge in [0.05, 0.1) is 24.5 Å². The molecule has 23 heavy (non-hydrogen) atoms. The molecule has 0 fully saturated rings. The zero-order chi connectivity index (χ0) is 16.2. The van der Waals surface area contributed by atoms with E-state index in [9.17, 15) is 0 Å². The van der Waals surface area contributed by atoms with Gasteiger partial charge in [-0.25, -0.2) is 0 Å². The number of hydrogen-bond donors (Lipinski definition) is 3. The van der Waals surface area contributed by atoms with E-state index in [1.165, 1.54) is 0 Å². The fourth-order valence-corrected chi connectivity index (χ4v) is 2.34. The summed E-state index contributed by atoms with van der Waals surface area (Å²) in [6.45, 7) is 0.630. The van der Waals surface area contributed by atoms with Gasteiger partial charge in [-0.1, -0.05) is 24.3 Å². The minimum Gasteiger partial charge on any atom is -0.497 e. The molecular formula is C17H17BN2O3. The van der Waals surface area contributed by atoms with Crippen molar-refractivity contribution in [2.45, 2.75) is 6.54 Å². The third kappa shape index (κ3) is 3.61. The van der Waals surface area contributed by atoms with E-state index >= 15 is 0 Å². The number of fused-ring (bicyclic) bond motifs is 1. The molecule has 0 unspecified atom stereocenters. The first-order chi connectivity index (χ1) is 11.2. The summed E-state index contributed by atoms with van der Waals surface area (Å²) in [6, 6.07) is 14.9. The monoisotopic (exact) mass is 308 g/mol. The van der Waals surface area contributed by atoms with Gasteiger partial charge in [-0.2, -0.15) is 0 Å². The third-order valence-corrected chi connectivity index (χ3v) is 3.67. The molecule has 0 aliphatic carbocycles. The molecule has 3 N–H and O–H groups in total. The topological polar surface area (TPSA) is 74.6 Å². The predicted molar refractivity (Wildman–Crippen MR) is 91.9 cm³/mol. The molecule has 3 aromatic rings. The van der Waals surface area contributed by atoms with Gasteiger partial charge in [0.15, 0.2) is 0 Å². The number of nitrogens with one attached hydrogen (secondary N) is 1. The Morgan fingerprint density at radius 1 is 1.09 bits per heavy atom. The highest BCUT2D eigenvalue weighted by Gasteiger charge is 2.09. The van der Waals surface area contributed by atoms with Gasteiger partial charge in [-0.15, -0.1) is 0 Å². The van der Waals surface area contributed by atoms with Crippen LogP contribution in [0.1, 0.15) is 5.56 Å². The lowest BCUT2D eigenvalue weighted by atomic mass is 9.80. The maximum Gasteiger partial charge on any atom is 0.488 e. The van der Waals surface area contributed by atoms with Crippen LogP contribution in [0.3, 0.4) is 0 Å². The van der Waals surface area contributed by atoms with E-state index < -0.39 is 7.12 Å². The highest BCUT2D eigenvalue weighted by molar-refractivity contribution is 6.58. The van der Waals surface area contributed by atoms with Gasteiger partial charge < -0.3 is 20.1 Å². The molecule has 0 radical (unpaired) electrons. The molecule has 3 rings (SSSR count). The number of ether oxygens (including phenoxy) is 1. The average Bonchev–Trinajstić information content (AvgIpc) is 2.59. The Balaban J connectivity index is 1.71. The van der Waals surface area contributed by atoms with Crippen molar-refractivity contribution in [1.82, 2.24) is 4.98 Å². The molecule has 0 bridgehead atoms. The molecule has 116 valence electrons. The van der Waals surface area contributed by atoms with Crippen LogP contribution in [0.2, 0.25) is 0 Å². The van der Waals surface area contributed by atoms with Crippen molar-refractivity contribution >= 4 is 29.2 Å². The number of benzene rings is 2. The van der Waals surface area contributed by atoms with E-state index in [0.717, 1.165) is 27.9 Å². The number of pyridine rings is 1. The van der Waals surface area contributed by atoms with Crippen LogP contribution in [-0.4, -0.2) is 29.3 Å². The zero-order valence-electron chi connectivity index (χ0n) is 12.7. The smallest absolute Gasteiger partial charge is 0.488 e. The van der Waals surface area contributed by atoms with Gasteiger partial charge in [0.2, 0.25) is 0 Å². The third-order valence-electron chi connectivity index (χ3n) is 3.67. The fraction of sp³-hybridized carbons (Fsp3) is 0.118. The summed E-state index contributed by atoms with van der Waals surface area (Å²) >= 11 is 0. The lowest BCUT2D eigenvalue weighted by Crippen LogP contribution is -2.29. The van der Waals surface area contributed by atoms with E-state index in [1.54, 1.807) is 25.4 Å². The van der Waals surface area contributed by atoms with E-state index in [4.69, 9.17) is 14.8 Å². The van der Waals surface area contributed by atoms with E-state index in [2.05, 4.69) is 10.3 Å². The SMILES string of the molecule is COc1ccc2cc(NCc3ccc(B(O)O)cc3)cnc2c1. The largest absolute Gasteiger partial charge is 0.497 e. The van der Waals surface area contributed by atoms with Crippen molar-refractivity contribution in [1.29, 1.82) is 0 Å². The second-order valence-corrected chi connectivity index (χ2v) is 5.25. The molecule has 0 saturated carbocycles. The fourth-order valence-electron chi connectivity index (χ4n) is 2.34. The van der Waals surface area contributed by atoms with Crippen molar-refractivity contribution in [3.8, 4) is 5.75 Å². The number of rotatable bonds is 5. The van der Waals surface area contributed by atoms with Crippen molar-refractivity contribution in [2.75, 3.05) is 12.4 Å². The minimum absolute atomic E-state index is 0.482. The number of anilines is 1. The summed E-state index contributed by atoms with van der Waals surface area (Å²) in [5.74, 6) is 0.789. The van der Waals surface area contributed by atoms with Gasteiger partial charge in [0, 0.05) is 18.0 Å². The normalized spacial score (nSPS) is 10.6. The second kappa shape index (κ2) is 6.68. The van der Waals surface area contributed by atoms with Crippen molar-refractivity contribution in [2.24, 2.45) is 0 Å². The predicted octanol–water partition coefficient (Wildman–Crippen LogP) is 1.54. The summed E-state index contributed by atoms with van der Waals surface area (Å²) < 4.78 is 5.19. The first kappa shape index (κ1) is 15.3. The van der Waals surface area contributed by atoms with E-state index in [0.29, 0.717) is 12.0 Å². The Morgan fingerprint density at radius 3 is 2.57 bits per heavy atom. The van der Waals surface area contributed by atoms with Crippen LogP contribution in [-0.2, 0) is 6.54 Å². The van der Waals surface area contributed by atoms with Crippen LogP contribution < -0.4 is 15.5 Å².